The number of β-lactam (4-membered cyclic amide) rings is 1. The fraction of sp³-hybridized carbons (Fsp3) is 0.750. The first-order chi connectivity index (χ1) is 6.16. The molecule has 5 nitrogen and oxygen atoms in total. The molecule has 0 aromatic carbocycles. The van der Waals surface area contributed by atoms with Crippen molar-refractivity contribution in [3.05, 3.63) is 0 Å². The molecular formula is C8H13N3O2. The molecular weight excluding hydrogens is 170 g/mol. The number of likely N-dealkylation sites (tertiary alicyclic amines) is 1. The van der Waals surface area contributed by atoms with Gasteiger partial charge in [0.15, 0.2) is 0 Å². The molecule has 72 valence electrons. The first-order valence-electron chi connectivity index (χ1n) is 4.48. The first kappa shape index (κ1) is 8.50. The van der Waals surface area contributed by atoms with Crippen molar-refractivity contribution < 1.29 is 9.59 Å². The minimum Gasteiger partial charge on any atom is -0.356 e. The van der Waals surface area contributed by atoms with E-state index in [1.165, 1.54) is 0 Å². The maximum atomic E-state index is 11.1. The van der Waals surface area contributed by atoms with Gasteiger partial charge in [-0.25, -0.2) is 0 Å². The lowest BCUT2D eigenvalue weighted by atomic mass is 10.0. The molecule has 0 spiro atoms. The Labute approximate surface area is 76.3 Å². The van der Waals surface area contributed by atoms with Gasteiger partial charge < -0.3 is 16.0 Å². The third-order valence-electron chi connectivity index (χ3n) is 2.59. The third kappa shape index (κ3) is 1.51. The fourth-order valence-corrected chi connectivity index (χ4v) is 1.80. The minimum atomic E-state index is -0.301. The minimum absolute atomic E-state index is 0.0133. The predicted octanol–water partition coefficient (Wildman–Crippen LogP) is -1.71. The van der Waals surface area contributed by atoms with Crippen molar-refractivity contribution >= 4 is 11.8 Å². The monoisotopic (exact) mass is 183 g/mol. The lowest BCUT2D eigenvalue weighted by Gasteiger charge is -2.37. The van der Waals surface area contributed by atoms with Gasteiger partial charge in [0.1, 0.15) is 6.04 Å². The zero-order valence-corrected chi connectivity index (χ0v) is 7.32. The normalized spacial score (nSPS) is 33.2. The summed E-state index contributed by atoms with van der Waals surface area (Å²) in [6, 6.07) is -0.301. The van der Waals surface area contributed by atoms with Gasteiger partial charge in [-0.05, 0) is 0 Å². The molecule has 3 N–H and O–H groups in total. The molecule has 5 heteroatoms. The SMILES string of the molecule is NC1CN(CC2CNC(=O)C2)C1=O. The second-order valence-electron chi connectivity index (χ2n) is 3.72. The van der Waals surface area contributed by atoms with Crippen molar-refractivity contribution in [3.63, 3.8) is 0 Å². The third-order valence-corrected chi connectivity index (χ3v) is 2.59. The number of amides is 2. The summed E-state index contributed by atoms with van der Waals surface area (Å²) in [6.07, 6.45) is 0.541. The summed E-state index contributed by atoms with van der Waals surface area (Å²) >= 11 is 0. The molecule has 2 amide bonds. The Hall–Kier alpha value is -1.10. The number of nitrogens with zero attached hydrogens (tertiary/aromatic N) is 1. The van der Waals surface area contributed by atoms with E-state index < -0.39 is 0 Å². The van der Waals surface area contributed by atoms with Crippen molar-refractivity contribution in [1.29, 1.82) is 0 Å². The van der Waals surface area contributed by atoms with Crippen LogP contribution in [0, 0.1) is 5.92 Å². The zero-order valence-electron chi connectivity index (χ0n) is 7.32. The van der Waals surface area contributed by atoms with Gasteiger partial charge in [0, 0.05) is 32.0 Å². The van der Waals surface area contributed by atoms with Crippen LogP contribution in [0.2, 0.25) is 0 Å². The van der Waals surface area contributed by atoms with Crippen molar-refractivity contribution in [1.82, 2.24) is 10.2 Å². The molecule has 0 radical (unpaired) electrons. The highest BCUT2D eigenvalue weighted by Gasteiger charge is 2.36. The van der Waals surface area contributed by atoms with Crippen LogP contribution in [-0.2, 0) is 9.59 Å². The predicted molar refractivity (Wildman–Crippen MR) is 45.7 cm³/mol. The first-order valence-corrected chi connectivity index (χ1v) is 4.48. The van der Waals surface area contributed by atoms with Crippen LogP contribution in [0.5, 0.6) is 0 Å². The summed E-state index contributed by atoms with van der Waals surface area (Å²) in [6.45, 7) is 2.01. The van der Waals surface area contributed by atoms with Crippen LogP contribution in [0.15, 0.2) is 0 Å². The molecule has 2 fully saturated rings. The second kappa shape index (κ2) is 2.99. The number of nitrogens with one attached hydrogen (secondary N) is 1. The van der Waals surface area contributed by atoms with E-state index in [-0.39, 0.29) is 23.8 Å². The summed E-state index contributed by atoms with van der Waals surface area (Å²) in [5.74, 6) is 0.380. The van der Waals surface area contributed by atoms with Crippen molar-refractivity contribution in [2.24, 2.45) is 11.7 Å². The van der Waals surface area contributed by atoms with Gasteiger partial charge in [0.25, 0.3) is 0 Å². The Morgan fingerprint density at radius 1 is 1.54 bits per heavy atom. The standard InChI is InChI=1S/C8H13N3O2/c9-6-4-11(8(6)13)3-5-1-7(12)10-2-5/h5-6H,1-4,9H2,(H,10,12). The molecule has 13 heavy (non-hydrogen) atoms. The Bertz CT molecular complexity index is 254. The quantitative estimate of drug-likeness (QED) is 0.501. The van der Waals surface area contributed by atoms with Crippen LogP contribution in [0.4, 0.5) is 0 Å². The average molecular weight is 183 g/mol. The summed E-state index contributed by atoms with van der Waals surface area (Å²) < 4.78 is 0. The maximum Gasteiger partial charge on any atom is 0.241 e. The molecule has 0 saturated carbocycles. The number of hydrogen-bond acceptors (Lipinski definition) is 3. The van der Waals surface area contributed by atoms with Gasteiger partial charge in [0.2, 0.25) is 11.8 Å². The highest BCUT2D eigenvalue weighted by atomic mass is 16.2. The molecule has 2 aliphatic heterocycles. The van der Waals surface area contributed by atoms with Gasteiger partial charge in [-0.1, -0.05) is 0 Å². The van der Waals surface area contributed by atoms with E-state index in [4.69, 9.17) is 5.73 Å². The van der Waals surface area contributed by atoms with Crippen LogP contribution < -0.4 is 11.1 Å². The molecule has 2 saturated heterocycles. The largest absolute Gasteiger partial charge is 0.356 e. The average Bonchev–Trinajstić information content (AvgIpc) is 2.50. The molecule has 2 aliphatic rings. The molecule has 2 heterocycles. The van der Waals surface area contributed by atoms with Crippen LogP contribution in [0.3, 0.4) is 0 Å². The van der Waals surface area contributed by atoms with Crippen LogP contribution in [-0.4, -0.2) is 42.4 Å². The van der Waals surface area contributed by atoms with Crippen LogP contribution in [0.1, 0.15) is 6.42 Å². The molecule has 2 unspecified atom stereocenters. The van der Waals surface area contributed by atoms with E-state index >= 15 is 0 Å². The lowest BCUT2D eigenvalue weighted by Crippen LogP contribution is -2.61. The maximum absolute atomic E-state index is 11.1. The van der Waals surface area contributed by atoms with Gasteiger partial charge in [-0.2, -0.15) is 0 Å². The number of carbonyl (C=O) groups is 2. The number of rotatable bonds is 2. The fourth-order valence-electron chi connectivity index (χ4n) is 1.80. The second-order valence-corrected chi connectivity index (χ2v) is 3.72. The highest BCUT2D eigenvalue weighted by molar-refractivity contribution is 5.87. The van der Waals surface area contributed by atoms with E-state index in [1.807, 2.05) is 0 Å². The number of nitrogens with two attached hydrogens (primary N) is 1. The summed E-state index contributed by atoms with van der Waals surface area (Å²) in [4.78, 5) is 23.7. The Morgan fingerprint density at radius 2 is 2.31 bits per heavy atom. The van der Waals surface area contributed by atoms with Crippen molar-refractivity contribution in [2.45, 2.75) is 12.5 Å². The topological polar surface area (TPSA) is 75.4 Å². The Morgan fingerprint density at radius 3 is 2.77 bits per heavy atom. The van der Waals surface area contributed by atoms with E-state index in [2.05, 4.69) is 5.32 Å². The van der Waals surface area contributed by atoms with Gasteiger partial charge >= 0.3 is 0 Å². The van der Waals surface area contributed by atoms with Gasteiger partial charge in [-0.15, -0.1) is 0 Å². The summed E-state index contributed by atoms with van der Waals surface area (Å²) in [7, 11) is 0. The zero-order chi connectivity index (χ0) is 9.42. The van der Waals surface area contributed by atoms with Crippen molar-refractivity contribution in [3.8, 4) is 0 Å². The van der Waals surface area contributed by atoms with Crippen molar-refractivity contribution in [2.75, 3.05) is 19.6 Å². The molecule has 0 bridgehead atoms. The van der Waals surface area contributed by atoms with Crippen LogP contribution in [0.25, 0.3) is 0 Å². The number of carbonyl (C=O) groups excluding carboxylic acids is 2. The molecule has 2 atom stereocenters. The van der Waals surface area contributed by atoms with E-state index in [1.54, 1.807) is 4.90 Å². The van der Waals surface area contributed by atoms with E-state index in [9.17, 15) is 9.59 Å². The number of hydrogen-bond donors (Lipinski definition) is 2. The Kier molecular flexibility index (Phi) is 1.95. The molecule has 2 rings (SSSR count). The molecule has 0 aromatic heterocycles. The smallest absolute Gasteiger partial charge is 0.241 e. The Balaban J connectivity index is 1.80. The van der Waals surface area contributed by atoms with E-state index in [0.717, 1.165) is 0 Å². The summed E-state index contributed by atoms with van der Waals surface area (Å²) in [5, 5.41) is 2.74. The van der Waals surface area contributed by atoms with Gasteiger partial charge in [-0.3, -0.25) is 9.59 Å². The summed E-state index contributed by atoms with van der Waals surface area (Å²) in [5.41, 5.74) is 5.44. The molecule has 0 aliphatic carbocycles. The van der Waals surface area contributed by atoms with E-state index in [0.29, 0.717) is 26.1 Å². The molecule has 0 aromatic rings. The highest BCUT2D eigenvalue weighted by Crippen LogP contribution is 2.15. The van der Waals surface area contributed by atoms with Crippen LogP contribution >= 0.6 is 0 Å². The van der Waals surface area contributed by atoms with Gasteiger partial charge in [0.05, 0.1) is 0 Å². The lowest BCUT2D eigenvalue weighted by molar-refractivity contribution is -0.143.